The van der Waals surface area contributed by atoms with Crippen molar-refractivity contribution in [3.05, 3.63) is 82.8 Å². The van der Waals surface area contributed by atoms with E-state index >= 15 is 0 Å². The lowest BCUT2D eigenvalue weighted by molar-refractivity contribution is 0.0772. The Balaban J connectivity index is 1.29. The number of carbonyl (C=O) groups excluding carboxylic acids is 1. The topological polar surface area (TPSA) is 50.2 Å². The Morgan fingerprint density at radius 2 is 1.94 bits per heavy atom. The molecule has 3 atom stereocenters. The number of aromatic nitrogens is 2. The van der Waals surface area contributed by atoms with Crippen LogP contribution in [0.5, 0.6) is 0 Å². The first-order valence-electron chi connectivity index (χ1n) is 11.7. The van der Waals surface area contributed by atoms with Crippen molar-refractivity contribution in [2.24, 2.45) is 5.92 Å². The fourth-order valence-corrected chi connectivity index (χ4v) is 6.04. The molecule has 1 N–H and O–H groups in total. The van der Waals surface area contributed by atoms with Crippen LogP contribution < -0.4 is 5.32 Å². The Kier molecular flexibility index (Phi) is 4.29. The van der Waals surface area contributed by atoms with E-state index in [1.807, 2.05) is 46.8 Å². The third-order valence-electron chi connectivity index (χ3n) is 7.88. The molecule has 3 heterocycles. The number of nitrogens with one attached hydrogen (secondary N) is 1. The van der Waals surface area contributed by atoms with E-state index in [4.69, 9.17) is 0 Å². The van der Waals surface area contributed by atoms with Gasteiger partial charge in [0, 0.05) is 18.5 Å². The molecule has 6 rings (SSSR count). The third kappa shape index (κ3) is 3.10. The van der Waals surface area contributed by atoms with E-state index in [1.165, 1.54) is 5.56 Å². The van der Waals surface area contributed by atoms with Gasteiger partial charge >= 0.3 is 0 Å². The van der Waals surface area contributed by atoms with Gasteiger partial charge in [-0.05, 0) is 62.3 Å². The SMILES string of the molecule is Cc1ccc(C23CC2CN(C(=O)c2cnn4c2N[C@@H](c2ccccc2)CC4(C)C)C3)c(F)c1. The van der Waals surface area contributed by atoms with Gasteiger partial charge in [-0.2, -0.15) is 5.10 Å². The molecule has 0 radical (unpaired) electrons. The molecule has 2 unspecified atom stereocenters. The molecule has 6 heteroatoms. The lowest BCUT2D eigenvalue weighted by atomic mass is 9.89. The maximum Gasteiger partial charge on any atom is 0.259 e. The number of piperidine rings is 1. The summed E-state index contributed by atoms with van der Waals surface area (Å²) in [4.78, 5) is 15.5. The first kappa shape index (κ1) is 20.5. The van der Waals surface area contributed by atoms with Crippen LogP contribution in [0.25, 0.3) is 0 Å². The van der Waals surface area contributed by atoms with Gasteiger partial charge in [-0.3, -0.25) is 4.79 Å². The fourth-order valence-electron chi connectivity index (χ4n) is 6.04. The average Bonchev–Trinajstić information content (AvgIpc) is 3.13. The van der Waals surface area contributed by atoms with Crippen molar-refractivity contribution >= 4 is 11.7 Å². The van der Waals surface area contributed by atoms with Crippen molar-refractivity contribution in [2.75, 3.05) is 18.4 Å². The van der Waals surface area contributed by atoms with Gasteiger partial charge in [0.25, 0.3) is 5.91 Å². The summed E-state index contributed by atoms with van der Waals surface area (Å²) in [7, 11) is 0. The van der Waals surface area contributed by atoms with Crippen molar-refractivity contribution in [1.29, 1.82) is 0 Å². The molecule has 0 spiro atoms. The van der Waals surface area contributed by atoms with Crippen LogP contribution in [0.2, 0.25) is 0 Å². The summed E-state index contributed by atoms with van der Waals surface area (Å²) in [5.74, 6) is 0.934. The number of halogens is 1. The quantitative estimate of drug-likeness (QED) is 0.616. The number of nitrogens with zero attached hydrogens (tertiary/aromatic N) is 3. The summed E-state index contributed by atoms with van der Waals surface area (Å²) in [6.07, 6.45) is 3.52. The number of benzene rings is 2. The summed E-state index contributed by atoms with van der Waals surface area (Å²) in [5.41, 5.74) is 3.02. The van der Waals surface area contributed by atoms with E-state index in [0.717, 1.165) is 29.8 Å². The second-order valence-corrected chi connectivity index (χ2v) is 10.7. The second kappa shape index (κ2) is 6.92. The highest BCUT2D eigenvalue weighted by molar-refractivity contribution is 5.99. The van der Waals surface area contributed by atoms with Gasteiger partial charge in [-0.15, -0.1) is 0 Å². The highest BCUT2D eigenvalue weighted by Gasteiger charge is 2.62. The van der Waals surface area contributed by atoms with Crippen LogP contribution in [0.3, 0.4) is 0 Å². The lowest BCUT2D eigenvalue weighted by Crippen LogP contribution is -2.39. The smallest absolute Gasteiger partial charge is 0.259 e. The zero-order valence-corrected chi connectivity index (χ0v) is 19.3. The zero-order valence-electron chi connectivity index (χ0n) is 19.3. The van der Waals surface area contributed by atoms with E-state index < -0.39 is 0 Å². The molecule has 1 aliphatic carbocycles. The minimum atomic E-state index is -0.236. The van der Waals surface area contributed by atoms with E-state index in [-0.39, 0.29) is 28.7 Å². The number of carbonyl (C=O) groups is 1. The van der Waals surface area contributed by atoms with E-state index in [1.54, 1.807) is 12.3 Å². The summed E-state index contributed by atoms with van der Waals surface area (Å²) >= 11 is 0. The summed E-state index contributed by atoms with van der Waals surface area (Å²) in [6.45, 7) is 7.46. The molecular weight excluding hydrogens is 415 g/mol. The van der Waals surface area contributed by atoms with Crippen molar-refractivity contribution in [1.82, 2.24) is 14.7 Å². The fraction of sp³-hybridized carbons (Fsp3) is 0.407. The van der Waals surface area contributed by atoms with Gasteiger partial charge in [0.15, 0.2) is 0 Å². The van der Waals surface area contributed by atoms with E-state index in [9.17, 15) is 9.18 Å². The summed E-state index contributed by atoms with van der Waals surface area (Å²) in [6, 6.07) is 15.9. The van der Waals surface area contributed by atoms with Crippen LogP contribution in [0.4, 0.5) is 10.2 Å². The predicted octanol–water partition coefficient (Wildman–Crippen LogP) is 5.04. The molecule has 2 aliphatic heterocycles. The Labute approximate surface area is 193 Å². The molecule has 2 aromatic carbocycles. The molecule has 0 bridgehead atoms. The van der Waals surface area contributed by atoms with Crippen molar-refractivity contribution in [2.45, 2.75) is 50.6 Å². The standard InChI is InChI=1S/C27H29FN4O/c1-17-9-10-21(22(28)11-17)27-12-19(27)15-31(16-27)25(33)20-14-29-32-24(20)30-23(13-26(32,2)3)18-7-5-4-6-8-18/h4-11,14,19,23,30H,12-13,15-16H2,1-3H3/t19?,23-,27?/m1/s1. The van der Waals surface area contributed by atoms with Crippen LogP contribution >= 0.6 is 0 Å². The van der Waals surface area contributed by atoms with Gasteiger partial charge in [-0.1, -0.05) is 42.5 Å². The van der Waals surface area contributed by atoms with Crippen molar-refractivity contribution in [3.8, 4) is 0 Å². The highest BCUT2D eigenvalue weighted by atomic mass is 19.1. The number of likely N-dealkylation sites (tertiary alicyclic amines) is 1. The van der Waals surface area contributed by atoms with Crippen LogP contribution in [-0.4, -0.2) is 33.7 Å². The largest absolute Gasteiger partial charge is 0.363 e. The molecule has 1 aromatic heterocycles. The van der Waals surface area contributed by atoms with Crippen molar-refractivity contribution in [3.63, 3.8) is 0 Å². The number of hydrogen-bond donors (Lipinski definition) is 1. The Morgan fingerprint density at radius 3 is 2.70 bits per heavy atom. The maximum atomic E-state index is 14.8. The zero-order chi connectivity index (χ0) is 23.0. The Hall–Kier alpha value is -3.15. The minimum Gasteiger partial charge on any atom is -0.363 e. The first-order chi connectivity index (χ1) is 15.8. The number of aryl methyl sites for hydroxylation is 1. The Morgan fingerprint density at radius 1 is 1.15 bits per heavy atom. The van der Waals surface area contributed by atoms with Gasteiger partial charge in [-0.25, -0.2) is 9.07 Å². The van der Waals surface area contributed by atoms with E-state index in [2.05, 4.69) is 36.4 Å². The molecule has 3 aliphatic rings. The number of fused-ring (bicyclic) bond motifs is 2. The monoisotopic (exact) mass is 444 g/mol. The van der Waals surface area contributed by atoms with Gasteiger partial charge < -0.3 is 10.2 Å². The van der Waals surface area contributed by atoms with Gasteiger partial charge in [0.1, 0.15) is 17.2 Å². The number of anilines is 1. The van der Waals surface area contributed by atoms with Crippen LogP contribution in [0.1, 0.15) is 59.8 Å². The van der Waals surface area contributed by atoms with Crippen LogP contribution in [0.15, 0.2) is 54.7 Å². The molecule has 1 saturated heterocycles. The number of hydrogen-bond acceptors (Lipinski definition) is 3. The molecule has 33 heavy (non-hydrogen) atoms. The lowest BCUT2D eigenvalue weighted by Gasteiger charge is -2.38. The molecule has 5 nitrogen and oxygen atoms in total. The second-order valence-electron chi connectivity index (χ2n) is 10.7. The molecule has 170 valence electrons. The Bertz CT molecular complexity index is 1250. The molecule has 2 fully saturated rings. The molecule has 1 amide bonds. The molecule has 1 saturated carbocycles. The van der Waals surface area contributed by atoms with Crippen molar-refractivity contribution < 1.29 is 9.18 Å². The molecule has 3 aromatic rings. The highest BCUT2D eigenvalue weighted by Crippen LogP contribution is 2.59. The average molecular weight is 445 g/mol. The molecular formula is C27H29FN4O. The normalized spacial score (nSPS) is 27.0. The van der Waals surface area contributed by atoms with E-state index in [0.29, 0.717) is 24.6 Å². The third-order valence-corrected chi connectivity index (χ3v) is 7.88. The maximum absolute atomic E-state index is 14.8. The van der Waals surface area contributed by atoms with Crippen LogP contribution in [0, 0.1) is 18.7 Å². The number of rotatable bonds is 3. The predicted molar refractivity (Wildman–Crippen MR) is 126 cm³/mol. The van der Waals surface area contributed by atoms with Gasteiger partial charge in [0.05, 0.1) is 17.8 Å². The van der Waals surface area contributed by atoms with Gasteiger partial charge in [0.2, 0.25) is 0 Å². The summed E-state index contributed by atoms with van der Waals surface area (Å²) in [5, 5.41) is 8.20. The van der Waals surface area contributed by atoms with Crippen LogP contribution in [-0.2, 0) is 11.0 Å². The first-order valence-corrected chi connectivity index (χ1v) is 11.7. The minimum absolute atomic E-state index is 0.0210. The number of amides is 1. The summed E-state index contributed by atoms with van der Waals surface area (Å²) < 4.78 is 16.7.